The van der Waals surface area contributed by atoms with Crippen molar-refractivity contribution in [3.63, 3.8) is 0 Å². The summed E-state index contributed by atoms with van der Waals surface area (Å²) < 4.78 is 39.3. The van der Waals surface area contributed by atoms with Crippen molar-refractivity contribution in [2.75, 3.05) is 7.05 Å². The highest BCUT2D eigenvalue weighted by Crippen LogP contribution is 2.21. The molecule has 0 fully saturated rings. The maximum atomic E-state index is 13.9. The van der Waals surface area contributed by atoms with E-state index in [1.54, 1.807) is 13.8 Å². The van der Waals surface area contributed by atoms with Gasteiger partial charge in [-0.25, -0.2) is 17.6 Å². The van der Waals surface area contributed by atoms with Crippen molar-refractivity contribution < 1.29 is 22.7 Å². The summed E-state index contributed by atoms with van der Waals surface area (Å²) in [5.74, 6) is -2.08. The molecule has 0 aliphatic carbocycles. The van der Waals surface area contributed by atoms with E-state index in [1.807, 2.05) is 0 Å². The molecular weight excluding hydrogens is 285 g/mol. The smallest absolute Gasteiger partial charge is 0.328 e. The molecule has 0 spiro atoms. The van der Waals surface area contributed by atoms with E-state index in [4.69, 9.17) is 5.11 Å². The second-order valence-electron chi connectivity index (χ2n) is 4.48. The zero-order valence-electron chi connectivity index (χ0n) is 11.4. The molecule has 0 amide bonds. The fraction of sp³-hybridized carbons (Fsp3) is 0.308. The van der Waals surface area contributed by atoms with Crippen molar-refractivity contribution in [1.29, 1.82) is 0 Å². The molecule has 0 saturated heterocycles. The summed E-state index contributed by atoms with van der Waals surface area (Å²) in [7, 11) is -2.53. The van der Waals surface area contributed by atoms with Gasteiger partial charge in [-0.15, -0.1) is 0 Å². The predicted molar refractivity (Wildman–Crippen MR) is 73.2 cm³/mol. The average Bonchev–Trinajstić information content (AvgIpc) is 2.34. The van der Waals surface area contributed by atoms with E-state index in [1.165, 1.54) is 19.2 Å². The van der Waals surface area contributed by atoms with Gasteiger partial charge in [0.15, 0.2) is 0 Å². The zero-order chi connectivity index (χ0) is 15.5. The second kappa shape index (κ2) is 6.15. The van der Waals surface area contributed by atoms with Crippen LogP contribution in [-0.2, 0) is 14.8 Å². The van der Waals surface area contributed by atoms with Gasteiger partial charge in [-0.3, -0.25) is 0 Å². The quantitative estimate of drug-likeness (QED) is 0.844. The molecule has 1 aromatic rings. The van der Waals surface area contributed by atoms with Crippen LogP contribution in [0.3, 0.4) is 0 Å². The molecule has 20 heavy (non-hydrogen) atoms. The average molecular weight is 301 g/mol. The van der Waals surface area contributed by atoms with Gasteiger partial charge >= 0.3 is 5.97 Å². The number of halogens is 1. The number of rotatable bonds is 5. The minimum atomic E-state index is -3.90. The van der Waals surface area contributed by atoms with Crippen molar-refractivity contribution in [1.82, 2.24) is 4.31 Å². The maximum Gasteiger partial charge on any atom is 0.328 e. The molecule has 0 aromatic heterocycles. The first kappa shape index (κ1) is 16.3. The van der Waals surface area contributed by atoms with E-state index < -0.39 is 26.7 Å². The van der Waals surface area contributed by atoms with Crippen LogP contribution in [0.15, 0.2) is 29.2 Å². The lowest BCUT2D eigenvalue weighted by molar-refractivity contribution is -0.131. The van der Waals surface area contributed by atoms with E-state index >= 15 is 0 Å². The summed E-state index contributed by atoms with van der Waals surface area (Å²) in [6, 6.07) is 3.17. The van der Waals surface area contributed by atoms with Gasteiger partial charge in [-0.1, -0.05) is 6.07 Å². The number of carboxylic acid groups (broad SMARTS) is 1. The minimum Gasteiger partial charge on any atom is -0.478 e. The molecule has 0 aliphatic rings. The number of nitrogens with zero attached hydrogens (tertiary/aromatic N) is 1. The Morgan fingerprint density at radius 1 is 1.40 bits per heavy atom. The van der Waals surface area contributed by atoms with E-state index in [0.29, 0.717) is 0 Å². The molecule has 0 atom stereocenters. The van der Waals surface area contributed by atoms with Gasteiger partial charge < -0.3 is 5.11 Å². The molecule has 0 heterocycles. The molecule has 0 radical (unpaired) electrons. The molecule has 110 valence electrons. The minimum absolute atomic E-state index is 0.274. The fourth-order valence-corrected chi connectivity index (χ4v) is 2.84. The SMILES string of the molecule is CC(C)N(C)S(=O)(=O)c1ccc(/C=C/C(=O)O)cc1F. The van der Waals surface area contributed by atoms with Crippen LogP contribution in [0, 0.1) is 5.82 Å². The van der Waals surface area contributed by atoms with Crippen molar-refractivity contribution in [2.45, 2.75) is 24.8 Å². The summed E-state index contributed by atoms with van der Waals surface area (Å²) in [5.41, 5.74) is 0.274. The standard InChI is InChI=1S/C13H16FNO4S/c1-9(2)15(3)20(18,19)12-6-4-10(8-11(12)14)5-7-13(16)17/h4-9H,1-3H3,(H,16,17)/b7-5+. The number of benzene rings is 1. The summed E-state index contributed by atoms with van der Waals surface area (Å²) in [6.07, 6.45) is 2.04. The van der Waals surface area contributed by atoms with E-state index in [2.05, 4.69) is 0 Å². The number of carboxylic acids is 1. The van der Waals surface area contributed by atoms with Gasteiger partial charge in [0.05, 0.1) is 0 Å². The molecule has 5 nitrogen and oxygen atoms in total. The highest BCUT2D eigenvalue weighted by atomic mass is 32.2. The zero-order valence-corrected chi connectivity index (χ0v) is 12.2. The first-order valence-corrected chi connectivity index (χ1v) is 7.29. The van der Waals surface area contributed by atoms with Gasteiger partial charge in [-0.05, 0) is 37.6 Å². The monoisotopic (exact) mass is 301 g/mol. The van der Waals surface area contributed by atoms with Crippen molar-refractivity contribution in [3.05, 3.63) is 35.7 Å². The first-order valence-electron chi connectivity index (χ1n) is 5.85. The van der Waals surface area contributed by atoms with Gasteiger partial charge in [-0.2, -0.15) is 4.31 Å². The van der Waals surface area contributed by atoms with Crippen LogP contribution in [0.25, 0.3) is 6.08 Å². The Labute approximate surface area is 117 Å². The Kier molecular flexibility index (Phi) is 5.02. The number of hydrogen-bond donors (Lipinski definition) is 1. The van der Waals surface area contributed by atoms with Crippen LogP contribution in [0.1, 0.15) is 19.4 Å². The molecule has 0 saturated carbocycles. The van der Waals surface area contributed by atoms with E-state index in [0.717, 1.165) is 22.5 Å². The third-order valence-corrected chi connectivity index (χ3v) is 4.83. The van der Waals surface area contributed by atoms with Gasteiger partial charge in [0.2, 0.25) is 10.0 Å². The van der Waals surface area contributed by atoms with Crippen LogP contribution in [0.4, 0.5) is 4.39 Å². The highest BCUT2D eigenvalue weighted by Gasteiger charge is 2.26. The maximum absolute atomic E-state index is 13.9. The number of sulfonamides is 1. The molecular formula is C13H16FNO4S. The number of hydrogen-bond acceptors (Lipinski definition) is 3. The topological polar surface area (TPSA) is 74.7 Å². The highest BCUT2D eigenvalue weighted by molar-refractivity contribution is 7.89. The number of carbonyl (C=O) groups is 1. The van der Waals surface area contributed by atoms with E-state index in [9.17, 15) is 17.6 Å². The van der Waals surface area contributed by atoms with Crippen molar-refractivity contribution in [2.24, 2.45) is 0 Å². The molecule has 0 aliphatic heterocycles. The Morgan fingerprint density at radius 2 is 2.00 bits per heavy atom. The molecule has 0 unspecified atom stereocenters. The van der Waals surface area contributed by atoms with E-state index in [-0.39, 0.29) is 11.6 Å². The van der Waals surface area contributed by atoms with Crippen LogP contribution in [0.2, 0.25) is 0 Å². The Bertz CT molecular complexity index is 638. The van der Waals surface area contributed by atoms with Crippen LogP contribution >= 0.6 is 0 Å². The van der Waals surface area contributed by atoms with Gasteiger partial charge in [0.1, 0.15) is 10.7 Å². The fourth-order valence-electron chi connectivity index (χ4n) is 1.43. The van der Waals surface area contributed by atoms with Crippen LogP contribution in [-0.4, -0.2) is 36.9 Å². The Hall–Kier alpha value is -1.73. The van der Waals surface area contributed by atoms with Crippen molar-refractivity contribution in [3.8, 4) is 0 Å². The third-order valence-electron chi connectivity index (χ3n) is 2.76. The Morgan fingerprint density at radius 3 is 2.45 bits per heavy atom. The lowest BCUT2D eigenvalue weighted by Crippen LogP contribution is -2.33. The summed E-state index contributed by atoms with van der Waals surface area (Å²) in [6.45, 7) is 3.36. The van der Waals surface area contributed by atoms with Crippen molar-refractivity contribution >= 4 is 22.1 Å². The van der Waals surface area contributed by atoms with Gasteiger partial charge in [0.25, 0.3) is 0 Å². The number of aliphatic carboxylic acids is 1. The third kappa shape index (κ3) is 3.64. The Balaban J connectivity index is 3.20. The molecule has 0 bridgehead atoms. The first-order chi connectivity index (χ1) is 9.16. The molecule has 1 rings (SSSR count). The normalized spacial score (nSPS) is 12.5. The van der Waals surface area contributed by atoms with Crippen LogP contribution in [0.5, 0.6) is 0 Å². The summed E-state index contributed by atoms with van der Waals surface area (Å²) >= 11 is 0. The summed E-state index contributed by atoms with van der Waals surface area (Å²) in [5, 5.41) is 8.48. The molecule has 1 aromatic carbocycles. The van der Waals surface area contributed by atoms with Crippen LogP contribution < -0.4 is 0 Å². The largest absolute Gasteiger partial charge is 0.478 e. The molecule has 7 heteroatoms. The van der Waals surface area contributed by atoms with Gasteiger partial charge in [0, 0.05) is 19.2 Å². The lowest BCUT2D eigenvalue weighted by atomic mass is 10.2. The lowest BCUT2D eigenvalue weighted by Gasteiger charge is -2.21. The summed E-state index contributed by atoms with van der Waals surface area (Å²) in [4.78, 5) is 9.94. The second-order valence-corrected chi connectivity index (χ2v) is 6.44. The molecule has 1 N–H and O–H groups in total. The predicted octanol–water partition coefficient (Wildman–Crippen LogP) is 1.95.